The van der Waals surface area contributed by atoms with E-state index in [1.807, 2.05) is 24.3 Å². The average molecular weight is 503 g/mol. The number of aromatic hydroxyl groups is 1. The fourth-order valence-corrected chi connectivity index (χ4v) is 4.68. The summed E-state index contributed by atoms with van der Waals surface area (Å²) in [5.41, 5.74) is 4.65. The van der Waals surface area contributed by atoms with Crippen molar-refractivity contribution in [1.82, 2.24) is 10.9 Å². The molecule has 0 bridgehead atoms. The first-order valence-corrected chi connectivity index (χ1v) is 11.8. The molecule has 3 aliphatic heterocycles. The van der Waals surface area contributed by atoms with Crippen molar-refractivity contribution in [3.63, 3.8) is 0 Å². The molecular formula is C25H30N2O9. The van der Waals surface area contributed by atoms with Crippen LogP contribution in [0.2, 0.25) is 0 Å². The molecular weight excluding hydrogens is 472 g/mol. The lowest BCUT2D eigenvalue weighted by Gasteiger charge is -2.28. The zero-order valence-electron chi connectivity index (χ0n) is 20.5. The summed E-state index contributed by atoms with van der Waals surface area (Å²) in [5, 5.41) is 11.8. The summed E-state index contributed by atoms with van der Waals surface area (Å²) in [6, 6.07) is 10.3. The number of nitrogens with one attached hydrogen (secondary N) is 2. The van der Waals surface area contributed by atoms with Gasteiger partial charge >= 0.3 is 0 Å². The molecule has 3 aliphatic rings. The molecule has 3 fully saturated rings. The predicted octanol–water partition coefficient (Wildman–Crippen LogP) is 1.72. The van der Waals surface area contributed by atoms with Gasteiger partial charge in [-0.25, -0.2) is 0 Å². The average Bonchev–Trinajstić information content (AvgIpc) is 3.43. The first kappa shape index (κ1) is 24.9. The molecule has 36 heavy (non-hydrogen) atoms. The van der Waals surface area contributed by atoms with Crippen LogP contribution in [-0.4, -0.2) is 72.4 Å². The van der Waals surface area contributed by atoms with Gasteiger partial charge in [0.1, 0.15) is 36.8 Å². The van der Waals surface area contributed by atoms with E-state index >= 15 is 0 Å². The summed E-state index contributed by atoms with van der Waals surface area (Å²) in [5.74, 6) is -3.11. The molecule has 0 spiro atoms. The van der Waals surface area contributed by atoms with Crippen LogP contribution in [0, 0.1) is 0 Å². The number of phenolic OH excluding ortho intramolecular Hbond substituents is 1. The molecule has 11 nitrogen and oxygen atoms in total. The third-order valence-corrected chi connectivity index (χ3v) is 6.25. The second kappa shape index (κ2) is 9.25. The van der Waals surface area contributed by atoms with E-state index in [-0.39, 0.29) is 17.9 Å². The number of hydrogen-bond acceptors (Lipinski definition) is 9. The number of phenols is 1. The Morgan fingerprint density at radius 2 is 1.72 bits per heavy atom. The summed E-state index contributed by atoms with van der Waals surface area (Å²) in [6.07, 6.45) is -2.96. The van der Waals surface area contributed by atoms with Crippen molar-refractivity contribution in [2.45, 2.75) is 70.0 Å². The van der Waals surface area contributed by atoms with Gasteiger partial charge in [-0.15, -0.1) is 0 Å². The molecule has 0 radical (unpaired) electrons. The molecule has 5 unspecified atom stereocenters. The van der Waals surface area contributed by atoms with Crippen LogP contribution in [0.4, 0.5) is 0 Å². The quantitative estimate of drug-likeness (QED) is 0.523. The smallest absolute Gasteiger partial charge is 0.273 e. The summed E-state index contributed by atoms with van der Waals surface area (Å²) in [6.45, 7) is 7.04. The Bertz CT molecular complexity index is 1170. The van der Waals surface area contributed by atoms with Crippen LogP contribution in [0.3, 0.4) is 0 Å². The highest BCUT2D eigenvalue weighted by atomic mass is 16.8. The number of ether oxygens (including phenoxy) is 6. The second-order valence-corrected chi connectivity index (χ2v) is 9.93. The van der Waals surface area contributed by atoms with Crippen LogP contribution in [0.1, 0.15) is 38.1 Å². The van der Waals surface area contributed by atoms with E-state index in [9.17, 15) is 14.7 Å². The van der Waals surface area contributed by atoms with Gasteiger partial charge in [-0.1, -0.05) is 24.3 Å². The van der Waals surface area contributed by atoms with Crippen LogP contribution in [0.25, 0.3) is 10.8 Å². The first-order valence-electron chi connectivity index (χ1n) is 11.8. The molecule has 11 heteroatoms. The van der Waals surface area contributed by atoms with Crippen LogP contribution < -0.4 is 10.9 Å². The molecule has 194 valence electrons. The van der Waals surface area contributed by atoms with E-state index in [0.717, 1.165) is 10.8 Å². The largest absolute Gasteiger partial charge is 0.507 e. The Hall–Kier alpha value is -2.80. The number of benzene rings is 2. The number of amides is 2. The highest BCUT2D eigenvalue weighted by molar-refractivity contribution is 6.02. The summed E-state index contributed by atoms with van der Waals surface area (Å²) in [4.78, 5) is 25.1. The van der Waals surface area contributed by atoms with Crippen molar-refractivity contribution in [2.24, 2.45) is 0 Å². The Morgan fingerprint density at radius 3 is 2.42 bits per heavy atom. The number of carbonyl (C=O) groups excluding carboxylic acids is 2. The minimum atomic E-state index is -0.869. The zero-order valence-corrected chi connectivity index (χ0v) is 20.5. The lowest BCUT2D eigenvalue weighted by Crippen LogP contribution is -2.47. The highest BCUT2D eigenvalue weighted by Crippen LogP contribution is 2.41. The van der Waals surface area contributed by atoms with Gasteiger partial charge in [0.05, 0.1) is 12.2 Å². The zero-order chi connectivity index (χ0) is 25.7. The molecule has 0 aromatic heterocycles. The van der Waals surface area contributed by atoms with E-state index in [4.69, 9.17) is 28.4 Å². The van der Waals surface area contributed by atoms with Gasteiger partial charge in [0.15, 0.2) is 17.9 Å². The molecule has 3 saturated heterocycles. The van der Waals surface area contributed by atoms with E-state index < -0.39 is 60.7 Å². The van der Waals surface area contributed by atoms with Crippen molar-refractivity contribution in [2.75, 3.05) is 13.2 Å². The Kier molecular flexibility index (Phi) is 6.39. The van der Waals surface area contributed by atoms with Gasteiger partial charge in [-0.05, 0) is 50.6 Å². The standard InChI is InChI=1S/C25H30N2O9/c1-24(2)32-11-17(34-24)19-20(21-23(33-19)36-25(3,4)35-21)31-12-18(29)26-27-22(30)15-9-13-7-5-6-8-14(13)10-16(15)28/h5-10,17,19-21,23,28H,11-12H2,1-4H3,(H,26,29)(H,27,30). The minimum Gasteiger partial charge on any atom is -0.507 e. The molecule has 2 aromatic rings. The maximum absolute atomic E-state index is 12.6. The third kappa shape index (κ3) is 5.03. The van der Waals surface area contributed by atoms with E-state index in [1.54, 1.807) is 33.8 Å². The molecule has 3 N–H and O–H groups in total. The van der Waals surface area contributed by atoms with Crippen LogP contribution in [0.15, 0.2) is 36.4 Å². The minimum absolute atomic E-state index is 0.0294. The Labute approximate surface area is 207 Å². The normalized spacial score (nSPS) is 30.3. The lowest BCUT2D eigenvalue weighted by molar-refractivity contribution is -0.235. The molecule has 0 saturated carbocycles. The monoisotopic (exact) mass is 502 g/mol. The number of hydrogen-bond donors (Lipinski definition) is 3. The molecule has 2 amide bonds. The SMILES string of the molecule is CC1(C)OCC(C2OC3OC(C)(C)OC3C2OCC(=O)NNC(=O)c2cc3ccccc3cc2O)O1. The van der Waals surface area contributed by atoms with Crippen LogP contribution >= 0.6 is 0 Å². The fraction of sp³-hybridized carbons (Fsp3) is 0.520. The van der Waals surface area contributed by atoms with Crippen LogP contribution in [-0.2, 0) is 33.2 Å². The highest BCUT2D eigenvalue weighted by Gasteiger charge is 2.59. The predicted molar refractivity (Wildman–Crippen MR) is 125 cm³/mol. The van der Waals surface area contributed by atoms with Gasteiger partial charge in [0, 0.05) is 0 Å². The molecule has 2 aromatic carbocycles. The summed E-state index contributed by atoms with van der Waals surface area (Å²) < 4.78 is 35.3. The van der Waals surface area contributed by atoms with Crippen molar-refractivity contribution in [3.05, 3.63) is 42.0 Å². The second-order valence-electron chi connectivity index (χ2n) is 9.93. The van der Waals surface area contributed by atoms with Gasteiger partial charge in [0.25, 0.3) is 11.8 Å². The van der Waals surface area contributed by atoms with Crippen LogP contribution in [0.5, 0.6) is 5.75 Å². The van der Waals surface area contributed by atoms with Gasteiger partial charge in [0.2, 0.25) is 0 Å². The number of rotatable bonds is 5. The van der Waals surface area contributed by atoms with Gasteiger partial charge < -0.3 is 33.5 Å². The van der Waals surface area contributed by atoms with Crippen molar-refractivity contribution < 1.29 is 43.1 Å². The van der Waals surface area contributed by atoms with E-state index in [1.165, 1.54) is 6.07 Å². The molecule has 0 aliphatic carbocycles. The van der Waals surface area contributed by atoms with E-state index in [2.05, 4.69) is 10.9 Å². The maximum atomic E-state index is 12.6. The first-order chi connectivity index (χ1) is 17.0. The molecule has 5 rings (SSSR count). The molecule has 5 atom stereocenters. The Morgan fingerprint density at radius 1 is 1.00 bits per heavy atom. The van der Waals surface area contributed by atoms with Gasteiger partial charge in [-0.2, -0.15) is 0 Å². The fourth-order valence-electron chi connectivity index (χ4n) is 4.68. The maximum Gasteiger partial charge on any atom is 0.273 e. The third-order valence-electron chi connectivity index (χ3n) is 6.25. The van der Waals surface area contributed by atoms with Crippen molar-refractivity contribution in [3.8, 4) is 5.75 Å². The number of fused-ring (bicyclic) bond motifs is 2. The van der Waals surface area contributed by atoms with Crippen molar-refractivity contribution >= 4 is 22.6 Å². The number of carbonyl (C=O) groups is 2. The summed E-state index contributed by atoms with van der Waals surface area (Å²) >= 11 is 0. The topological polar surface area (TPSA) is 134 Å². The van der Waals surface area contributed by atoms with E-state index in [0.29, 0.717) is 0 Å². The summed E-state index contributed by atoms with van der Waals surface area (Å²) in [7, 11) is 0. The lowest BCUT2D eigenvalue weighted by atomic mass is 10.1. The van der Waals surface area contributed by atoms with Gasteiger partial charge in [-0.3, -0.25) is 20.4 Å². The molecule has 3 heterocycles. The van der Waals surface area contributed by atoms with Crippen molar-refractivity contribution in [1.29, 1.82) is 0 Å². The Balaban J connectivity index is 1.20. The number of hydrazine groups is 1.